The van der Waals surface area contributed by atoms with Gasteiger partial charge < -0.3 is 14.6 Å². The number of halogens is 3. The zero-order valence-electron chi connectivity index (χ0n) is 13.6. The quantitative estimate of drug-likeness (QED) is 0.390. The van der Waals surface area contributed by atoms with Crippen LogP contribution >= 0.6 is 47.8 Å². The SMILES string of the molecule is CCOc1ccccc1OCC(=O)N/N=C\c1c(Br)cc(Br)c(O)c1Br. The summed E-state index contributed by atoms with van der Waals surface area (Å²) in [4.78, 5) is 11.9. The van der Waals surface area contributed by atoms with Crippen molar-refractivity contribution in [2.45, 2.75) is 6.92 Å². The van der Waals surface area contributed by atoms with Gasteiger partial charge in [0.1, 0.15) is 5.75 Å². The van der Waals surface area contributed by atoms with Crippen LogP contribution in [-0.2, 0) is 4.79 Å². The van der Waals surface area contributed by atoms with E-state index in [-0.39, 0.29) is 12.4 Å². The number of amides is 1. The van der Waals surface area contributed by atoms with Crippen LogP contribution in [0.5, 0.6) is 17.2 Å². The highest BCUT2D eigenvalue weighted by molar-refractivity contribution is 9.11. The van der Waals surface area contributed by atoms with Crippen molar-refractivity contribution in [3.63, 3.8) is 0 Å². The van der Waals surface area contributed by atoms with Gasteiger partial charge in [-0.3, -0.25) is 4.79 Å². The van der Waals surface area contributed by atoms with Crippen molar-refractivity contribution in [2.75, 3.05) is 13.2 Å². The van der Waals surface area contributed by atoms with E-state index in [1.807, 2.05) is 13.0 Å². The standard InChI is InChI=1S/C17H15Br3N2O4/c1-2-25-13-5-3-4-6-14(13)26-9-15(23)22-21-8-10-11(18)7-12(19)17(24)16(10)20/h3-8,24H,2,9H2,1H3,(H,22,23)/b21-8-. The third-order valence-electron chi connectivity index (χ3n) is 3.07. The average Bonchev–Trinajstić information content (AvgIpc) is 2.62. The Labute approximate surface area is 176 Å². The Morgan fingerprint density at radius 1 is 1.19 bits per heavy atom. The second-order valence-electron chi connectivity index (χ2n) is 4.88. The predicted octanol–water partition coefficient (Wildman–Crippen LogP) is 4.61. The van der Waals surface area contributed by atoms with Crippen LogP contribution in [-0.4, -0.2) is 30.4 Å². The summed E-state index contributed by atoms with van der Waals surface area (Å²) in [6.07, 6.45) is 1.41. The molecule has 2 aromatic carbocycles. The number of nitrogens with one attached hydrogen (secondary N) is 1. The van der Waals surface area contributed by atoms with Crippen molar-refractivity contribution in [3.05, 3.63) is 49.3 Å². The van der Waals surface area contributed by atoms with Crippen molar-refractivity contribution in [3.8, 4) is 17.2 Å². The molecule has 6 nitrogen and oxygen atoms in total. The van der Waals surface area contributed by atoms with Gasteiger partial charge in [0.2, 0.25) is 0 Å². The molecule has 0 saturated carbocycles. The summed E-state index contributed by atoms with van der Waals surface area (Å²) in [7, 11) is 0. The van der Waals surface area contributed by atoms with Crippen LogP contribution in [0.15, 0.2) is 48.9 Å². The minimum atomic E-state index is -0.430. The normalized spacial score (nSPS) is 10.8. The first-order valence-electron chi connectivity index (χ1n) is 7.47. The molecular formula is C17H15Br3N2O4. The van der Waals surface area contributed by atoms with E-state index in [4.69, 9.17) is 9.47 Å². The smallest absolute Gasteiger partial charge is 0.277 e. The van der Waals surface area contributed by atoms with Gasteiger partial charge in [-0.2, -0.15) is 5.10 Å². The molecule has 0 fully saturated rings. The molecule has 0 atom stereocenters. The molecule has 2 aromatic rings. The zero-order chi connectivity index (χ0) is 19.1. The van der Waals surface area contributed by atoms with E-state index in [1.54, 1.807) is 24.3 Å². The molecule has 26 heavy (non-hydrogen) atoms. The van der Waals surface area contributed by atoms with Crippen molar-refractivity contribution < 1.29 is 19.4 Å². The fourth-order valence-electron chi connectivity index (χ4n) is 1.90. The van der Waals surface area contributed by atoms with E-state index in [0.717, 1.165) is 0 Å². The van der Waals surface area contributed by atoms with E-state index < -0.39 is 5.91 Å². The third kappa shape index (κ3) is 5.46. The number of para-hydroxylation sites is 2. The molecule has 1 amide bonds. The number of aromatic hydroxyl groups is 1. The lowest BCUT2D eigenvalue weighted by Gasteiger charge is -2.10. The topological polar surface area (TPSA) is 80.2 Å². The molecule has 0 aliphatic rings. The summed E-state index contributed by atoms with van der Waals surface area (Å²) >= 11 is 9.88. The van der Waals surface area contributed by atoms with Crippen molar-refractivity contribution in [1.82, 2.24) is 5.43 Å². The Morgan fingerprint density at radius 3 is 2.50 bits per heavy atom. The Kier molecular flexibility index (Phi) is 7.92. The highest BCUT2D eigenvalue weighted by Gasteiger charge is 2.12. The number of rotatable bonds is 7. The van der Waals surface area contributed by atoms with Gasteiger partial charge in [0, 0.05) is 10.0 Å². The van der Waals surface area contributed by atoms with Crippen LogP contribution in [0.25, 0.3) is 0 Å². The largest absolute Gasteiger partial charge is 0.506 e. The summed E-state index contributed by atoms with van der Waals surface area (Å²) < 4.78 is 12.6. The lowest BCUT2D eigenvalue weighted by atomic mass is 10.2. The Bertz CT molecular complexity index is 828. The summed E-state index contributed by atoms with van der Waals surface area (Å²) in [5.74, 6) is 0.666. The summed E-state index contributed by atoms with van der Waals surface area (Å²) in [6.45, 7) is 2.16. The van der Waals surface area contributed by atoms with Crippen LogP contribution in [0.2, 0.25) is 0 Å². The van der Waals surface area contributed by atoms with Gasteiger partial charge >= 0.3 is 0 Å². The van der Waals surface area contributed by atoms with Gasteiger partial charge in [0.25, 0.3) is 5.91 Å². The van der Waals surface area contributed by atoms with E-state index in [0.29, 0.717) is 37.1 Å². The number of phenols is 1. The van der Waals surface area contributed by atoms with Crippen LogP contribution in [0, 0.1) is 0 Å². The van der Waals surface area contributed by atoms with Gasteiger partial charge in [0.05, 0.1) is 21.8 Å². The summed E-state index contributed by atoms with van der Waals surface area (Å²) in [5, 5.41) is 13.8. The summed E-state index contributed by atoms with van der Waals surface area (Å²) in [5.41, 5.74) is 2.95. The van der Waals surface area contributed by atoms with E-state index in [1.165, 1.54) is 6.21 Å². The molecule has 0 spiro atoms. The van der Waals surface area contributed by atoms with Crippen molar-refractivity contribution in [2.24, 2.45) is 5.10 Å². The molecule has 0 aromatic heterocycles. The molecule has 0 aliphatic heterocycles. The molecule has 138 valence electrons. The second-order valence-corrected chi connectivity index (χ2v) is 7.38. The fraction of sp³-hybridized carbons (Fsp3) is 0.176. The van der Waals surface area contributed by atoms with Gasteiger partial charge in [0.15, 0.2) is 18.1 Å². The maximum absolute atomic E-state index is 11.9. The highest BCUT2D eigenvalue weighted by atomic mass is 79.9. The number of hydrazone groups is 1. The molecule has 0 heterocycles. The zero-order valence-corrected chi connectivity index (χ0v) is 18.4. The number of carbonyl (C=O) groups is 1. The number of hydrogen-bond acceptors (Lipinski definition) is 5. The summed E-state index contributed by atoms with van der Waals surface area (Å²) in [6, 6.07) is 8.79. The molecule has 0 radical (unpaired) electrons. The maximum Gasteiger partial charge on any atom is 0.277 e. The van der Waals surface area contributed by atoms with Gasteiger partial charge in [-0.25, -0.2) is 5.43 Å². The number of nitrogens with zero attached hydrogens (tertiary/aromatic N) is 1. The monoisotopic (exact) mass is 548 g/mol. The Morgan fingerprint density at radius 2 is 1.85 bits per heavy atom. The lowest BCUT2D eigenvalue weighted by Crippen LogP contribution is -2.24. The Balaban J connectivity index is 1.96. The number of ether oxygens (including phenoxy) is 2. The van der Waals surface area contributed by atoms with Crippen LogP contribution in [0.4, 0.5) is 0 Å². The van der Waals surface area contributed by atoms with Crippen LogP contribution in [0.3, 0.4) is 0 Å². The number of benzene rings is 2. The third-order valence-corrected chi connectivity index (χ3v) is 5.14. The molecular weight excluding hydrogens is 536 g/mol. The fourth-order valence-corrected chi connectivity index (χ4v) is 4.23. The lowest BCUT2D eigenvalue weighted by molar-refractivity contribution is -0.123. The number of hydrogen-bond donors (Lipinski definition) is 2. The van der Waals surface area contributed by atoms with Crippen LogP contribution in [0.1, 0.15) is 12.5 Å². The van der Waals surface area contributed by atoms with Gasteiger partial charge in [-0.1, -0.05) is 28.1 Å². The molecule has 0 unspecified atom stereocenters. The van der Waals surface area contributed by atoms with Gasteiger partial charge in [-0.05, 0) is 57.0 Å². The van der Waals surface area contributed by atoms with Gasteiger partial charge in [-0.15, -0.1) is 0 Å². The predicted molar refractivity (Wildman–Crippen MR) is 110 cm³/mol. The minimum absolute atomic E-state index is 0.0387. The first-order valence-corrected chi connectivity index (χ1v) is 9.85. The highest BCUT2D eigenvalue weighted by Crippen LogP contribution is 2.38. The Hall–Kier alpha value is -1.58. The number of carbonyl (C=O) groups excluding carboxylic acids is 1. The van der Waals surface area contributed by atoms with E-state index >= 15 is 0 Å². The molecule has 0 bridgehead atoms. The molecule has 0 saturated heterocycles. The second kappa shape index (κ2) is 9.94. The number of phenolic OH excluding ortho intramolecular Hbond substituents is 1. The van der Waals surface area contributed by atoms with Crippen LogP contribution < -0.4 is 14.9 Å². The molecule has 0 aliphatic carbocycles. The maximum atomic E-state index is 11.9. The minimum Gasteiger partial charge on any atom is -0.506 e. The van der Waals surface area contributed by atoms with Crippen molar-refractivity contribution >= 4 is 59.9 Å². The molecule has 9 heteroatoms. The van der Waals surface area contributed by atoms with E-state index in [2.05, 4.69) is 58.3 Å². The first-order chi connectivity index (χ1) is 12.4. The molecule has 2 rings (SSSR count). The average molecular weight is 551 g/mol. The van der Waals surface area contributed by atoms with E-state index in [9.17, 15) is 9.90 Å². The molecule has 2 N–H and O–H groups in total. The first kappa shape index (κ1) is 20.7. The van der Waals surface area contributed by atoms with Crippen molar-refractivity contribution in [1.29, 1.82) is 0 Å².